The molecule has 0 saturated heterocycles. The molecule has 0 spiro atoms. The Morgan fingerprint density at radius 1 is 0.962 bits per heavy atom. The van der Waals surface area contributed by atoms with Crippen LogP contribution in [0.2, 0.25) is 0 Å². The second-order valence-corrected chi connectivity index (χ2v) is 7.10. The Morgan fingerprint density at radius 2 is 1.65 bits per heavy atom. The van der Waals surface area contributed by atoms with E-state index in [1.165, 1.54) is 0 Å². The molecule has 1 amide bonds. The van der Waals surface area contributed by atoms with Crippen LogP contribution < -0.4 is 10.1 Å². The van der Waals surface area contributed by atoms with Crippen molar-refractivity contribution in [2.45, 2.75) is 20.5 Å². The van der Waals surface area contributed by atoms with Crippen molar-refractivity contribution in [2.75, 3.05) is 5.32 Å². The van der Waals surface area contributed by atoms with Crippen molar-refractivity contribution < 1.29 is 9.53 Å². The van der Waals surface area contributed by atoms with E-state index in [0.717, 1.165) is 26.9 Å². The minimum absolute atomic E-state index is 0.148. The van der Waals surface area contributed by atoms with Crippen molar-refractivity contribution in [2.24, 2.45) is 0 Å². The molecule has 26 heavy (non-hydrogen) atoms. The zero-order chi connectivity index (χ0) is 18.5. The van der Waals surface area contributed by atoms with Gasteiger partial charge in [0.1, 0.15) is 12.4 Å². The molecule has 0 aliphatic heterocycles. The average Bonchev–Trinajstić information content (AvgIpc) is 2.60. The molecular formula is C22H20BrNO2. The summed E-state index contributed by atoms with van der Waals surface area (Å²) in [7, 11) is 0. The Labute approximate surface area is 162 Å². The van der Waals surface area contributed by atoms with E-state index in [0.29, 0.717) is 17.9 Å². The van der Waals surface area contributed by atoms with Gasteiger partial charge >= 0.3 is 0 Å². The molecule has 3 aromatic carbocycles. The third-order valence-electron chi connectivity index (χ3n) is 3.91. The smallest absolute Gasteiger partial charge is 0.255 e. The van der Waals surface area contributed by atoms with Gasteiger partial charge in [0, 0.05) is 11.3 Å². The van der Waals surface area contributed by atoms with E-state index in [9.17, 15) is 4.79 Å². The Bertz CT molecular complexity index is 902. The Balaban J connectivity index is 1.69. The van der Waals surface area contributed by atoms with E-state index in [-0.39, 0.29) is 5.91 Å². The SMILES string of the molecule is Cc1cc(C)cc(NC(=O)c2ccc(OCc3ccccc3)c(Br)c2)c1. The number of amides is 1. The number of carbonyl (C=O) groups excluding carboxylic acids is 1. The predicted octanol–water partition coefficient (Wildman–Crippen LogP) is 5.90. The number of benzene rings is 3. The first-order valence-corrected chi connectivity index (χ1v) is 9.16. The Morgan fingerprint density at radius 3 is 2.31 bits per heavy atom. The van der Waals surface area contributed by atoms with Crippen LogP contribution in [-0.2, 0) is 6.61 Å². The molecule has 1 N–H and O–H groups in total. The normalized spacial score (nSPS) is 10.4. The van der Waals surface area contributed by atoms with Crippen LogP contribution in [0.25, 0.3) is 0 Å². The number of hydrogen-bond donors (Lipinski definition) is 1. The van der Waals surface area contributed by atoms with E-state index in [1.807, 2.05) is 62.4 Å². The number of nitrogens with one attached hydrogen (secondary N) is 1. The maximum Gasteiger partial charge on any atom is 0.255 e. The van der Waals surface area contributed by atoms with Gasteiger partial charge in [0.2, 0.25) is 0 Å². The number of carbonyl (C=O) groups is 1. The molecule has 132 valence electrons. The fourth-order valence-electron chi connectivity index (χ4n) is 2.74. The Kier molecular flexibility index (Phi) is 5.74. The quantitative estimate of drug-likeness (QED) is 0.569. The standard InChI is InChI=1S/C22H20BrNO2/c1-15-10-16(2)12-19(11-15)24-22(25)18-8-9-21(20(23)13-18)26-14-17-6-4-3-5-7-17/h3-13H,14H2,1-2H3,(H,24,25). The second kappa shape index (κ2) is 8.19. The van der Waals surface area contributed by atoms with Crippen LogP contribution in [0.3, 0.4) is 0 Å². The molecular weight excluding hydrogens is 390 g/mol. The predicted molar refractivity (Wildman–Crippen MR) is 109 cm³/mol. The maximum absolute atomic E-state index is 12.5. The van der Waals surface area contributed by atoms with Crippen LogP contribution in [-0.4, -0.2) is 5.91 Å². The molecule has 3 rings (SSSR count). The van der Waals surface area contributed by atoms with Crippen molar-refractivity contribution in [3.63, 3.8) is 0 Å². The second-order valence-electron chi connectivity index (χ2n) is 6.25. The summed E-state index contributed by atoms with van der Waals surface area (Å²) in [5.41, 5.74) is 4.70. The topological polar surface area (TPSA) is 38.3 Å². The summed E-state index contributed by atoms with van der Waals surface area (Å²) >= 11 is 3.49. The minimum atomic E-state index is -0.148. The van der Waals surface area contributed by atoms with Gasteiger partial charge in [-0.2, -0.15) is 0 Å². The number of anilines is 1. The van der Waals surface area contributed by atoms with Gasteiger partial charge in [-0.3, -0.25) is 4.79 Å². The summed E-state index contributed by atoms with van der Waals surface area (Å²) in [4.78, 5) is 12.5. The molecule has 0 fully saturated rings. The van der Waals surface area contributed by atoms with Crippen molar-refractivity contribution in [3.8, 4) is 5.75 Å². The summed E-state index contributed by atoms with van der Waals surface area (Å²) in [5, 5.41) is 2.94. The lowest BCUT2D eigenvalue weighted by Gasteiger charge is -2.11. The molecule has 0 unspecified atom stereocenters. The van der Waals surface area contributed by atoms with Crippen molar-refractivity contribution in [1.29, 1.82) is 0 Å². The molecule has 0 radical (unpaired) electrons. The van der Waals surface area contributed by atoms with Gasteiger partial charge in [-0.25, -0.2) is 0 Å². The molecule has 0 aliphatic carbocycles. The van der Waals surface area contributed by atoms with Gasteiger partial charge in [0.05, 0.1) is 4.47 Å². The summed E-state index contributed by atoms with van der Waals surface area (Å²) < 4.78 is 6.58. The first kappa shape index (κ1) is 18.2. The first-order chi connectivity index (χ1) is 12.5. The molecule has 0 heterocycles. The molecule has 0 aromatic heterocycles. The number of aryl methyl sites for hydroxylation is 2. The highest BCUT2D eigenvalue weighted by Crippen LogP contribution is 2.27. The van der Waals surface area contributed by atoms with Gasteiger partial charge in [0.15, 0.2) is 0 Å². The third kappa shape index (κ3) is 4.73. The molecule has 0 saturated carbocycles. The van der Waals surface area contributed by atoms with Crippen LogP contribution in [0, 0.1) is 13.8 Å². The lowest BCUT2D eigenvalue weighted by atomic mass is 10.1. The van der Waals surface area contributed by atoms with Crippen molar-refractivity contribution in [1.82, 2.24) is 0 Å². The van der Waals surface area contributed by atoms with Crippen LogP contribution in [0.15, 0.2) is 71.2 Å². The van der Waals surface area contributed by atoms with Crippen molar-refractivity contribution >= 4 is 27.5 Å². The fraction of sp³-hybridized carbons (Fsp3) is 0.136. The minimum Gasteiger partial charge on any atom is -0.488 e. The first-order valence-electron chi connectivity index (χ1n) is 8.37. The Hall–Kier alpha value is -2.59. The zero-order valence-corrected chi connectivity index (χ0v) is 16.3. The van der Waals surface area contributed by atoms with Gasteiger partial charge in [-0.15, -0.1) is 0 Å². The molecule has 0 aliphatic rings. The summed E-state index contributed by atoms with van der Waals surface area (Å²) in [6.07, 6.45) is 0. The van der Waals surface area contributed by atoms with E-state index < -0.39 is 0 Å². The monoisotopic (exact) mass is 409 g/mol. The number of rotatable bonds is 5. The summed E-state index contributed by atoms with van der Waals surface area (Å²) in [6, 6.07) is 21.3. The van der Waals surface area contributed by atoms with E-state index in [4.69, 9.17) is 4.74 Å². The lowest BCUT2D eigenvalue weighted by molar-refractivity contribution is 0.102. The summed E-state index contributed by atoms with van der Waals surface area (Å²) in [5.74, 6) is 0.558. The van der Waals surface area contributed by atoms with Gasteiger partial charge in [-0.05, 0) is 76.8 Å². The van der Waals surface area contributed by atoms with Gasteiger partial charge < -0.3 is 10.1 Å². The van der Waals surface area contributed by atoms with Gasteiger partial charge in [0.25, 0.3) is 5.91 Å². The molecule has 3 nitrogen and oxygen atoms in total. The highest BCUT2D eigenvalue weighted by molar-refractivity contribution is 9.10. The van der Waals surface area contributed by atoms with Crippen LogP contribution >= 0.6 is 15.9 Å². The van der Waals surface area contributed by atoms with E-state index >= 15 is 0 Å². The zero-order valence-electron chi connectivity index (χ0n) is 14.8. The lowest BCUT2D eigenvalue weighted by Crippen LogP contribution is -2.12. The number of halogens is 1. The van der Waals surface area contributed by atoms with Crippen LogP contribution in [0.4, 0.5) is 5.69 Å². The van der Waals surface area contributed by atoms with Crippen LogP contribution in [0.1, 0.15) is 27.0 Å². The van der Waals surface area contributed by atoms with E-state index in [1.54, 1.807) is 12.1 Å². The molecule has 0 bridgehead atoms. The van der Waals surface area contributed by atoms with E-state index in [2.05, 4.69) is 27.3 Å². The maximum atomic E-state index is 12.5. The van der Waals surface area contributed by atoms with Crippen molar-refractivity contribution in [3.05, 3.63) is 93.5 Å². The molecule has 0 atom stereocenters. The summed E-state index contributed by atoms with van der Waals surface area (Å²) in [6.45, 7) is 4.50. The molecule has 3 aromatic rings. The fourth-order valence-corrected chi connectivity index (χ4v) is 3.24. The highest BCUT2D eigenvalue weighted by atomic mass is 79.9. The third-order valence-corrected chi connectivity index (χ3v) is 4.53. The molecule has 4 heteroatoms. The number of ether oxygens (including phenoxy) is 1. The largest absolute Gasteiger partial charge is 0.488 e. The average molecular weight is 410 g/mol. The van der Waals surface area contributed by atoms with Gasteiger partial charge in [-0.1, -0.05) is 36.4 Å². The number of hydrogen-bond acceptors (Lipinski definition) is 2. The van der Waals surface area contributed by atoms with Crippen LogP contribution in [0.5, 0.6) is 5.75 Å². The highest BCUT2D eigenvalue weighted by Gasteiger charge is 2.10.